The molecule has 0 saturated heterocycles. The average Bonchev–Trinajstić information content (AvgIpc) is 3.50. The molecule has 236 valence electrons. The van der Waals surface area contributed by atoms with E-state index >= 15 is 0 Å². The largest absolute Gasteiger partial charge is 0.100 e. The lowest BCUT2D eigenvalue weighted by atomic mass is 9.56. The molecular formula is C41H68Si. The lowest BCUT2D eigenvalue weighted by molar-refractivity contribution is -0.00172. The molecule has 4 aliphatic carbocycles. The highest BCUT2D eigenvalue weighted by atomic mass is 28.3. The molecule has 1 heteroatoms. The summed E-state index contributed by atoms with van der Waals surface area (Å²) in [5.41, 5.74) is 2.91. The summed E-state index contributed by atoms with van der Waals surface area (Å²) in [4.78, 5) is 0. The molecule has 0 amide bonds. The van der Waals surface area contributed by atoms with Crippen molar-refractivity contribution in [2.45, 2.75) is 139 Å². The van der Waals surface area contributed by atoms with Crippen molar-refractivity contribution in [1.82, 2.24) is 0 Å². The summed E-state index contributed by atoms with van der Waals surface area (Å²) in [5.74, 6) is 8.47. The zero-order valence-corrected chi connectivity index (χ0v) is 30.6. The van der Waals surface area contributed by atoms with Crippen molar-refractivity contribution in [2.24, 2.45) is 69.5 Å². The molecule has 0 heterocycles. The molecule has 0 aromatic heterocycles. The van der Waals surface area contributed by atoms with Crippen molar-refractivity contribution >= 4 is 13.3 Å². The zero-order chi connectivity index (χ0) is 30.7. The van der Waals surface area contributed by atoms with Gasteiger partial charge in [-0.2, -0.15) is 0 Å². The van der Waals surface area contributed by atoms with Crippen LogP contribution in [0.2, 0.25) is 19.1 Å². The molecule has 0 spiro atoms. The zero-order valence-electron chi connectivity index (χ0n) is 29.6. The highest BCUT2D eigenvalue weighted by Gasteiger charge is 2.60. The normalized spacial score (nSPS) is 36.0. The van der Waals surface area contributed by atoms with E-state index in [1.807, 2.05) is 0 Å². The van der Waals surface area contributed by atoms with E-state index < -0.39 is 8.07 Å². The average molecular weight is 589 g/mol. The minimum absolute atomic E-state index is 0.454. The van der Waals surface area contributed by atoms with Gasteiger partial charge in [-0.25, -0.2) is 0 Å². The number of hydrogen-bond acceptors (Lipinski definition) is 0. The first-order valence-corrected chi connectivity index (χ1v) is 21.4. The van der Waals surface area contributed by atoms with Crippen molar-refractivity contribution in [1.29, 1.82) is 0 Å². The molecule has 1 aromatic rings. The van der Waals surface area contributed by atoms with Crippen molar-refractivity contribution in [3.8, 4) is 0 Å². The van der Waals surface area contributed by atoms with Gasteiger partial charge >= 0.3 is 0 Å². The Morgan fingerprint density at radius 2 is 1.17 bits per heavy atom. The predicted molar refractivity (Wildman–Crippen MR) is 188 cm³/mol. The van der Waals surface area contributed by atoms with Crippen LogP contribution in [0.4, 0.5) is 0 Å². The van der Waals surface area contributed by atoms with Crippen LogP contribution < -0.4 is 5.19 Å². The summed E-state index contributed by atoms with van der Waals surface area (Å²) in [5, 5.41) is 1.59. The number of rotatable bonds is 7. The molecule has 0 radical (unpaired) electrons. The monoisotopic (exact) mass is 589 g/mol. The van der Waals surface area contributed by atoms with E-state index in [9.17, 15) is 0 Å². The van der Waals surface area contributed by atoms with Gasteiger partial charge in [-0.15, -0.1) is 6.58 Å². The van der Waals surface area contributed by atoms with Gasteiger partial charge in [-0.1, -0.05) is 110 Å². The van der Waals surface area contributed by atoms with Crippen molar-refractivity contribution < 1.29 is 0 Å². The molecule has 8 unspecified atom stereocenters. The van der Waals surface area contributed by atoms with Gasteiger partial charge in [-0.3, -0.25) is 0 Å². The van der Waals surface area contributed by atoms with Gasteiger partial charge in [0.2, 0.25) is 0 Å². The summed E-state index contributed by atoms with van der Waals surface area (Å²) < 4.78 is 0. The fourth-order valence-electron chi connectivity index (χ4n) is 11.6. The third-order valence-corrected chi connectivity index (χ3v) is 17.4. The van der Waals surface area contributed by atoms with Gasteiger partial charge < -0.3 is 0 Å². The molecule has 42 heavy (non-hydrogen) atoms. The van der Waals surface area contributed by atoms with Gasteiger partial charge in [0, 0.05) is 0 Å². The van der Waals surface area contributed by atoms with Crippen LogP contribution in [0.1, 0.15) is 120 Å². The molecule has 1 aromatic carbocycles. The number of benzene rings is 1. The standard InChI is InChI=1S/C41H68Si/c1-28(27-42(10,11)33-15-13-12-14-16-33)23-29-17-18-32(24-29)41(8,9)38-36-25-30(39(2,3)4)19-21-34(36)35-22-20-31(26-37(35)38)40(5,6)7/h12-16,29-32,34-38H,1,17-27H2,2-11H3. The van der Waals surface area contributed by atoms with E-state index in [1.165, 1.54) is 70.3 Å². The lowest BCUT2D eigenvalue weighted by Crippen LogP contribution is -2.42. The molecule has 0 bridgehead atoms. The molecular weight excluding hydrogens is 521 g/mol. The Bertz CT molecular complexity index is 1030. The Kier molecular flexibility index (Phi) is 9.18. The maximum Gasteiger partial charge on any atom is 0.0845 e. The third-order valence-electron chi connectivity index (χ3n) is 14.1. The van der Waals surface area contributed by atoms with E-state index in [2.05, 4.69) is 98.8 Å². The maximum atomic E-state index is 4.70. The predicted octanol–water partition coefficient (Wildman–Crippen LogP) is 11.8. The van der Waals surface area contributed by atoms with Crippen LogP contribution in [0.5, 0.6) is 0 Å². The highest BCUT2D eigenvalue weighted by Crippen LogP contribution is 2.67. The van der Waals surface area contributed by atoms with Crippen LogP contribution in [0.15, 0.2) is 42.5 Å². The van der Waals surface area contributed by atoms with Crippen LogP contribution in [0.25, 0.3) is 0 Å². The summed E-state index contributed by atoms with van der Waals surface area (Å²) in [7, 11) is -1.47. The summed E-state index contributed by atoms with van der Waals surface area (Å²) in [6, 6.07) is 12.6. The molecule has 0 nitrogen and oxygen atoms in total. The second kappa shape index (κ2) is 11.8. The van der Waals surface area contributed by atoms with Crippen LogP contribution >= 0.6 is 0 Å². The second-order valence-electron chi connectivity index (χ2n) is 19.5. The van der Waals surface area contributed by atoms with Gasteiger partial charge in [-0.05, 0) is 140 Å². The minimum atomic E-state index is -1.47. The quantitative estimate of drug-likeness (QED) is 0.219. The molecule has 5 rings (SSSR count). The fraction of sp³-hybridized carbons (Fsp3) is 0.805. The first-order chi connectivity index (χ1) is 19.5. The topological polar surface area (TPSA) is 0 Å². The van der Waals surface area contributed by atoms with Crippen molar-refractivity contribution in [2.75, 3.05) is 0 Å². The van der Waals surface area contributed by atoms with Gasteiger partial charge in [0.15, 0.2) is 0 Å². The Hall–Kier alpha value is -0.823. The number of hydrogen-bond donors (Lipinski definition) is 0. The Labute approximate surface area is 263 Å². The Morgan fingerprint density at radius 3 is 1.67 bits per heavy atom. The van der Waals surface area contributed by atoms with Crippen LogP contribution in [0.3, 0.4) is 0 Å². The van der Waals surface area contributed by atoms with Crippen LogP contribution in [-0.2, 0) is 0 Å². The maximum absolute atomic E-state index is 4.70. The lowest BCUT2D eigenvalue weighted by Gasteiger charge is -2.49. The SMILES string of the molecule is C=C(CC1CCC(C(C)(C)C2C3CC(C(C)(C)C)CCC3C3CCC(C(C)(C)C)CC32)C1)C[Si](C)(C)c1ccccc1. The Morgan fingerprint density at radius 1 is 0.667 bits per heavy atom. The molecule has 4 saturated carbocycles. The fourth-order valence-corrected chi connectivity index (χ4v) is 14.3. The summed E-state index contributed by atoms with van der Waals surface area (Å²) in [6.45, 7) is 30.5. The van der Waals surface area contributed by atoms with E-state index in [1.54, 1.807) is 10.8 Å². The second-order valence-corrected chi connectivity index (χ2v) is 24.2. The van der Waals surface area contributed by atoms with E-state index in [0.717, 1.165) is 53.3 Å². The van der Waals surface area contributed by atoms with Crippen LogP contribution in [-0.4, -0.2) is 8.07 Å². The molecule has 4 aliphatic rings. The minimum Gasteiger partial charge on any atom is -0.100 e. The smallest absolute Gasteiger partial charge is 0.0845 e. The molecule has 8 atom stereocenters. The number of allylic oxidation sites excluding steroid dienone is 1. The Balaban J connectivity index is 1.32. The van der Waals surface area contributed by atoms with E-state index in [-0.39, 0.29) is 0 Å². The van der Waals surface area contributed by atoms with Crippen molar-refractivity contribution in [3.63, 3.8) is 0 Å². The van der Waals surface area contributed by atoms with Gasteiger partial charge in [0.1, 0.15) is 0 Å². The third kappa shape index (κ3) is 6.58. The van der Waals surface area contributed by atoms with Gasteiger partial charge in [0.05, 0.1) is 8.07 Å². The van der Waals surface area contributed by atoms with E-state index in [0.29, 0.717) is 16.2 Å². The first-order valence-electron chi connectivity index (χ1n) is 18.2. The highest BCUT2D eigenvalue weighted by molar-refractivity contribution is 6.90. The van der Waals surface area contributed by atoms with Crippen molar-refractivity contribution in [3.05, 3.63) is 42.5 Å². The first kappa shape index (κ1) is 32.6. The molecule has 4 fully saturated rings. The van der Waals surface area contributed by atoms with E-state index in [4.69, 9.17) is 6.58 Å². The molecule has 0 aliphatic heterocycles. The van der Waals surface area contributed by atoms with Gasteiger partial charge in [0.25, 0.3) is 0 Å². The summed E-state index contributed by atoms with van der Waals surface area (Å²) in [6.07, 6.45) is 14.7. The molecule has 0 N–H and O–H groups in total. The van der Waals surface area contributed by atoms with Crippen LogP contribution in [0, 0.1) is 69.5 Å². The number of fused-ring (bicyclic) bond motifs is 3. The summed E-state index contributed by atoms with van der Waals surface area (Å²) >= 11 is 0.